The van der Waals surface area contributed by atoms with E-state index in [1.807, 2.05) is 37.3 Å². The van der Waals surface area contributed by atoms with Gasteiger partial charge in [0.15, 0.2) is 0 Å². The number of benzene rings is 1. The second-order valence-corrected chi connectivity index (χ2v) is 5.09. The van der Waals surface area contributed by atoms with Crippen molar-refractivity contribution in [3.05, 3.63) is 66.3 Å². The largest absolute Gasteiger partial charge is 0.497 e. The normalized spacial score (nSPS) is 13.3. The molecule has 1 rings (SSSR count). The highest BCUT2D eigenvalue weighted by Gasteiger charge is 1.95. The van der Waals surface area contributed by atoms with Crippen LogP contribution in [0.25, 0.3) is 0 Å². The zero-order chi connectivity index (χ0) is 16.2. The van der Waals surface area contributed by atoms with E-state index in [1.165, 1.54) is 0 Å². The lowest BCUT2D eigenvalue weighted by molar-refractivity contribution is 0.125. The molecule has 22 heavy (non-hydrogen) atoms. The minimum Gasteiger partial charge on any atom is -0.497 e. The smallest absolute Gasteiger partial charge is 0.118 e. The Morgan fingerprint density at radius 1 is 1.32 bits per heavy atom. The van der Waals surface area contributed by atoms with Gasteiger partial charge in [0.05, 0.1) is 26.4 Å². The molecular formula is C19H26O3. The number of allylic oxidation sites excluding steroid dienone is 2. The SMILES string of the molecule is C=CCC(O)/C=C/C(C)=C/CCOCc1ccc(OC)cc1. The van der Waals surface area contributed by atoms with Crippen LogP contribution in [-0.2, 0) is 11.3 Å². The average Bonchev–Trinajstić information content (AvgIpc) is 2.53. The maximum atomic E-state index is 9.55. The van der Waals surface area contributed by atoms with Crippen molar-refractivity contribution in [2.75, 3.05) is 13.7 Å². The Balaban J connectivity index is 2.23. The van der Waals surface area contributed by atoms with Crippen molar-refractivity contribution in [2.45, 2.75) is 32.5 Å². The second kappa shape index (κ2) is 10.8. The maximum absolute atomic E-state index is 9.55. The summed E-state index contributed by atoms with van der Waals surface area (Å²) >= 11 is 0. The Morgan fingerprint density at radius 2 is 2.05 bits per heavy atom. The van der Waals surface area contributed by atoms with Crippen LogP contribution in [0.1, 0.15) is 25.3 Å². The van der Waals surface area contributed by atoms with Gasteiger partial charge in [-0.2, -0.15) is 0 Å². The third-order valence-corrected chi connectivity index (χ3v) is 3.15. The maximum Gasteiger partial charge on any atom is 0.118 e. The van der Waals surface area contributed by atoms with E-state index in [0.717, 1.165) is 23.3 Å². The highest BCUT2D eigenvalue weighted by atomic mass is 16.5. The molecule has 0 fully saturated rings. The minimum atomic E-state index is -0.452. The average molecular weight is 302 g/mol. The van der Waals surface area contributed by atoms with E-state index in [9.17, 15) is 5.11 Å². The molecule has 0 saturated carbocycles. The van der Waals surface area contributed by atoms with Crippen molar-refractivity contribution in [1.82, 2.24) is 0 Å². The first-order valence-corrected chi connectivity index (χ1v) is 7.50. The summed E-state index contributed by atoms with van der Waals surface area (Å²) in [4.78, 5) is 0. The van der Waals surface area contributed by atoms with Crippen LogP contribution >= 0.6 is 0 Å². The van der Waals surface area contributed by atoms with Crippen LogP contribution in [0.5, 0.6) is 5.75 Å². The molecule has 1 atom stereocenters. The van der Waals surface area contributed by atoms with E-state index < -0.39 is 6.10 Å². The third kappa shape index (κ3) is 7.81. The summed E-state index contributed by atoms with van der Waals surface area (Å²) in [6.45, 7) is 6.89. The summed E-state index contributed by atoms with van der Waals surface area (Å²) in [5.41, 5.74) is 2.25. The fourth-order valence-corrected chi connectivity index (χ4v) is 1.86. The van der Waals surface area contributed by atoms with Crippen molar-refractivity contribution in [3.8, 4) is 5.75 Å². The third-order valence-electron chi connectivity index (χ3n) is 3.15. The molecule has 1 aromatic carbocycles. The molecule has 0 aliphatic carbocycles. The van der Waals surface area contributed by atoms with Gasteiger partial charge >= 0.3 is 0 Å². The van der Waals surface area contributed by atoms with Crippen LogP contribution < -0.4 is 4.74 Å². The molecule has 0 saturated heterocycles. The lowest BCUT2D eigenvalue weighted by atomic mass is 10.2. The number of aliphatic hydroxyl groups is 1. The fourth-order valence-electron chi connectivity index (χ4n) is 1.86. The molecule has 3 heteroatoms. The number of ether oxygens (including phenoxy) is 2. The Hall–Kier alpha value is -1.84. The first-order chi connectivity index (χ1) is 10.7. The van der Waals surface area contributed by atoms with E-state index in [-0.39, 0.29) is 0 Å². The lowest BCUT2D eigenvalue weighted by Gasteiger charge is -2.04. The van der Waals surface area contributed by atoms with E-state index in [1.54, 1.807) is 19.3 Å². The molecule has 0 aliphatic rings. The minimum absolute atomic E-state index is 0.452. The molecule has 3 nitrogen and oxygen atoms in total. The molecule has 0 aliphatic heterocycles. The number of rotatable bonds is 10. The van der Waals surface area contributed by atoms with Crippen LogP contribution in [0.2, 0.25) is 0 Å². The van der Waals surface area contributed by atoms with Gasteiger partial charge in [-0.05, 0) is 37.5 Å². The molecule has 0 spiro atoms. The van der Waals surface area contributed by atoms with Crippen LogP contribution in [-0.4, -0.2) is 24.9 Å². The molecule has 0 radical (unpaired) electrons. The van der Waals surface area contributed by atoms with Crippen molar-refractivity contribution in [3.63, 3.8) is 0 Å². The van der Waals surface area contributed by atoms with Gasteiger partial charge in [-0.3, -0.25) is 0 Å². The Bertz CT molecular complexity index is 486. The first kappa shape index (κ1) is 18.2. The predicted octanol–water partition coefficient (Wildman–Crippen LogP) is 4.04. The molecular weight excluding hydrogens is 276 g/mol. The van der Waals surface area contributed by atoms with Gasteiger partial charge in [-0.1, -0.05) is 42.0 Å². The van der Waals surface area contributed by atoms with Gasteiger partial charge in [-0.25, -0.2) is 0 Å². The number of hydrogen-bond donors (Lipinski definition) is 1. The van der Waals surface area contributed by atoms with Crippen molar-refractivity contribution in [2.24, 2.45) is 0 Å². The number of hydrogen-bond acceptors (Lipinski definition) is 3. The van der Waals surface area contributed by atoms with Crippen LogP contribution in [0.4, 0.5) is 0 Å². The van der Waals surface area contributed by atoms with Gasteiger partial charge in [-0.15, -0.1) is 6.58 Å². The number of aliphatic hydroxyl groups excluding tert-OH is 1. The topological polar surface area (TPSA) is 38.7 Å². The quantitative estimate of drug-likeness (QED) is 0.403. The standard InChI is InChI=1S/C19H26O3/c1-4-6-18(20)11-8-16(2)7-5-14-22-15-17-9-12-19(21-3)13-10-17/h4,7-13,18,20H,1,5-6,14-15H2,2-3H3/b11-8+,16-7+. The molecule has 120 valence electrons. The van der Waals surface area contributed by atoms with E-state index in [2.05, 4.69) is 12.7 Å². The van der Waals surface area contributed by atoms with Crippen LogP contribution in [0.3, 0.4) is 0 Å². The van der Waals surface area contributed by atoms with Crippen molar-refractivity contribution in [1.29, 1.82) is 0 Å². The molecule has 0 aromatic heterocycles. The summed E-state index contributed by atoms with van der Waals surface area (Å²) in [6.07, 6.45) is 8.50. The highest BCUT2D eigenvalue weighted by Crippen LogP contribution is 2.12. The zero-order valence-electron chi connectivity index (χ0n) is 13.5. The van der Waals surface area contributed by atoms with E-state index >= 15 is 0 Å². The molecule has 0 amide bonds. The van der Waals surface area contributed by atoms with Crippen LogP contribution in [0.15, 0.2) is 60.7 Å². The van der Waals surface area contributed by atoms with E-state index in [4.69, 9.17) is 9.47 Å². The summed E-state index contributed by atoms with van der Waals surface area (Å²) in [5, 5.41) is 9.55. The zero-order valence-corrected chi connectivity index (χ0v) is 13.5. The van der Waals surface area contributed by atoms with E-state index in [0.29, 0.717) is 19.6 Å². The monoisotopic (exact) mass is 302 g/mol. The van der Waals surface area contributed by atoms with Gasteiger partial charge in [0.25, 0.3) is 0 Å². The lowest BCUT2D eigenvalue weighted by Crippen LogP contribution is -1.98. The van der Waals surface area contributed by atoms with Gasteiger partial charge in [0.1, 0.15) is 5.75 Å². The highest BCUT2D eigenvalue weighted by molar-refractivity contribution is 5.26. The van der Waals surface area contributed by atoms with Crippen LogP contribution in [0, 0.1) is 0 Å². The molecule has 1 aromatic rings. The molecule has 0 heterocycles. The summed E-state index contributed by atoms with van der Waals surface area (Å²) in [7, 11) is 1.66. The fraction of sp³-hybridized carbons (Fsp3) is 0.368. The Morgan fingerprint density at radius 3 is 2.68 bits per heavy atom. The first-order valence-electron chi connectivity index (χ1n) is 7.50. The summed E-state index contributed by atoms with van der Waals surface area (Å²) in [5.74, 6) is 0.854. The second-order valence-electron chi connectivity index (χ2n) is 5.09. The van der Waals surface area contributed by atoms with Gasteiger partial charge < -0.3 is 14.6 Å². The number of methoxy groups -OCH3 is 1. The van der Waals surface area contributed by atoms with Crippen molar-refractivity contribution >= 4 is 0 Å². The predicted molar refractivity (Wildman–Crippen MR) is 91.0 cm³/mol. The Labute approximate surface area is 133 Å². The van der Waals surface area contributed by atoms with Crippen molar-refractivity contribution < 1.29 is 14.6 Å². The van der Waals surface area contributed by atoms with Gasteiger partial charge in [0.2, 0.25) is 0 Å². The Kier molecular flexibility index (Phi) is 8.96. The molecule has 1 N–H and O–H groups in total. The summed E-state index contributed by atoms with van der Waals surface area (Å²) < 4.78 is 10.8. The molecule has 1 unspecified atom stereocenters. The molecule has 0 bridgehead atoms. The van der Waals surface area contributed by atoms with Gasteiger partial charge in [0, 0.05) is 0 Å². The summed E-state index contributed by atoms with van der Waals surface area (Å²) in [6, 6.07) is 7.87.